The largest absolute Gasteiger partial charge is 0.497 e. The van der Waals surface area contributed by atoms with Crippen LogP contribution in [0.3, 0.4) is 0 Å². The molecular weight excluding hydrogens is 416 g/mol. The smallest absolute Gasteiger partial charge is 0.344 e. The Balaban J connectivity index is 1.68. The van der Waals surface area contributed by atoms with E-state index >= 15 is 0 Å². The van der Waals surface area contributed by atoms with Crippen molar-refractivity contribution in [2.24, 2.45) is 5.10 Å². The van der Waals surface area contributed by atoms with Gasteiger partial charge < -0.3 is 14.2 Å². The molecule has 0 fully saturated rings. The molecule has 0 aromatic heterocycles. The summed E-state index contributed by atoms with van der Waals surface area (Å²) >= 11 is 1.51. The molecule has 0 spiro atoms. The van der Waals surface area contributed by atoms with Gasteiger partial charge in [0.05, 0.1) is 19.1 Å². The molecule has 31 heavy (non-hydrogen) atoms. The van der Waals surface area contributed by atoms with E-state index in [1.54, 1.807) is 58.4 Å². The zero-order valence-corrected chi connectivity index (χ0v) is 19.0. The fourth-order valence-electron chi connectivity index (χ4n) is 2.36. The Bertz CT molecular complexity index is 874. The van der Waals surface area contributed by atoms with E-state index in [4.69, 9.17) is 14.2 Å². The van der Waals surface area contributed by atoms with Gasteiger partial charge in [0.15, 0.2) is 6.61 Å². The van der Waals surface area contributed by atoms with Crippen LogP contribution in [-0.4, -0.2) is 43.2 Å². The molecule has 166 valence electrons. The van der Waals surface area contributed by atoms with Crippen molar-refractivity contribution in [1.82, 2.24) is 5.43 Å². The molecule has 0 aliphatic carbocycles. The number of rotatable bonds is 10. The first kappa shape index (κ1) is 24.3. The minimum Gasteiger partial charge on any atom is -0.497 e. The van der Waals surface area contributed by atoms with Crippen molar-refractivity contribution in [3.05, 3.63) is 59.7 Å². The Morgan fingerprint density at radius 2 is 1.68 bits per heavy atom. The molecule has 0 aliphatic heterocycles. The summed E-state index contributed by atoms with van der Waals surface area (Å²) in [6, 6.07) is 14.7. The van der Waals surface area contributed by atoms with Crippen molar-refractivity contribution >= 4 is 29.9 Å². The van der Waals surface area contributed by atoms with E-state index in [9.17, 15) is 9.59 Å². The second-order valence-electron chi connectivity index (χ2n) is 7.58. The van der Waals surface area contributed by atoms with E-state index < -0.39 is 11.6 Å². The molecule has 0 unspecified atom stereocenters. The monoisotopic (exact) mass is 444 g/mol. The summed E-state index contributed by atoms with van der Waals surface area (Å²) in [4.78, 5) is 23.6. The number of hydrazone groups is 1. The quantitative estimate of drug-likeness (QED) is 0.341. The number of amides is 1. The maximum Gasteiger partial charge on any atom is 0.344 e. The van der Waals surface area contributed by atoms with Crippen molar-refractivity contribution in [3.63, 3.8) is 0 Å². The lowest BCUT2D eigenvalue weighted by atomic mass is 10.2. The van der Waals surface area contributed by atoms with Crippen molar-refractivity contribution < 1.29 is 23.8 Å². The molecule has 0 heterocycles. The third kappa shape index (κ3) is 10.0. The predicted molar refractivity (Wildman–Crippen MR) is 123 cm³/mol. The highest BCUT2D eigenvalue weighted by Crippen LogP contribution is 2.16. The van der Waals surface area contributed by atoms with E-state index in [0.29, 0.717) is 11.5 Å². The van der Waals surface area contributed by atoms with Crippen LogP contribution < -0.4 is 14.9 Å². The summed E-state index contributed by atoms with van der Waals surface area (Å²) < 4.78 is 15.7. The zero-order valence-electron chi connectivity index (χ0n) is 18.2. The molecule has 0 radical (unpaired) electrons. The van der Waals surface area contributed by atoms with Gasteiger partial charge in [-0.05, 0) is 68.3 Å². The van der Waals surface area contributed by atoms with Gasteiger partial charge in [0, 0.05) is 5.75 Å². The highest BCUT2D eigenvalue weighted by molar-refractivity contribution is 7.99. The van der Waals surface area contributed by atoms with Crippen LogP contribution in [0.2, 0.25) is 0 Å². The summed E-state index contributed by atoms with van der Waals surface area (Å²) in [5.41, 5.74) is 3.88. The Labute approximate surface area is 187 Å². The Hall–Kier alpha value is -3.00. The number of thioether (sulfide) groups is 1. The molecule has 0 saturated heterocycles. The van der Waals surface area contributed by atoms with Crippen LogP contribution in [0, 0.1) is 0 Å². The fraction of sp³-hybridized carbons (Fsp3) is 0.348. The van der Waals surface area contributed by atoms with E-state index in [2.05, 4.69) is 10.5 Å². The lowest BCUT2D eigenvalue weighted by Crippen LogP contribution is -2.27. The van der Waals surface area contributed by atoms with Crippen molar-refractivity contribution in [2.75, 3.05) is 19.5 Å². The predicted octanol–water partition coefficient (Wildman–Crippen LogP) is 3.80. The number of hydrogen-bond donors (Lipinski definition) is 1. The SMILES string of the molecule is COc1ccc(CSCC(=O)N/N=C/c2ccc(OCC(=O)OC(C)(C)C)cc2)cc1. The van der Waals surface area contributed by atoms with Gasteiger partial charge in [-0.15, -0.1) is 11.8 Å². The maximum absolute atomic E-state index is 11.9. The molecule has 0 saturated carbocycles. The minimum atomic E-state index is -0.542. The van der Waals surface area contributed by atoms with Crippen molar-refractivity contribution in [3.8, 4) is 11.5 Å². The van der Waals surface area contributed by atoms with Crippen LogP contribution >= 0.6 is 11.8 Å². The number of ether oxygens (including phenoxy) is 3. The number of esters is 1. The Morgan fingerprint density at radius 1 is 1.03 bits per heavy atom. The van der Waals surface area contributed by atoms with Gasteiger partial charge >= 0.3 is 5.97 Å². The standard InChI is InChI=1S/C23H28N2O5S/c1-23(2,3)30-22(27)14-29-20-11-5-17(6-12-20)13-24-25-21(26)16-31-15-18-7-9-19(28-4)10-8-18/h5-13H,14-16H2,1-4H3,(H,25,26)/b24-13+. The molecule has 2 aromatic rings. The average Bonchev–Trinajstić information content (AvgIpc) is 2.72. The highest BCUT2D eigenvalue weighted by Gasteiger charge is 2.16. The van der Waals surface area contributed by atoms with Gasteiger partial charge in [-0.3, -0.25) is 4.79 Å². The van der Waals surface area contributed by atoms with Gasteiger partial charge in [-0.2, -0.15) is 5.10 Å². The van der Waals surface area contributed by atoms with E-state index in [1.807, 2.05) is 24.3 Å². The molecule has 0 bridgehead atoms. The minimum absolute atomic E-state index is 0.158. The number of carbonyl (C=O) groups excluding carboxylic acids is 2. The zero-order chi connectivity index (χ0) is 22.7. The first-order valence-corrected chi connectivity index (χ1v) is 10.9. The number of hydrogen-bond acceptors (Lipinski definition) is 7. The lowest BCUT2D eigenvalue weighted by molar-refractivity contribution is -0.157. The molecule has 7 nitrogen and oxygen atoms in total. The fourth-order valence-corrected chi connectivity index (χ4v) is 3.14. The van der Waals surface area contributed by atoms with E-state index in [0.717, 1.165) is 22.6 Å². The van der Waals surface area contributed by atoms with Crippen LogP contribution in [0.4, 0.5) is 0 Å². The molecule has 1 amide bonds. The first-order chi connectivity index (χ1) is 14.7. The number of nitrogens with zero attached hydrogens (tertiary/aromatic N) is 1. The molecule has 0 atom stereocenters. The second kappa shape index (κ2) is 12.0. The molecule has 1 N–H and O–H groups in total. The maximum atomic E-state index is 11.9. The molecule has 2 rings (SSSR count). The normalized spacial score (nSPS) is 11.2. The van der Waals surface area contributed by atoms with E-state index in [-0.39, 0.29) is 12.5 Å². The summed E-state index contributed by atoms with van der Waals surface area (Å²) in [6.45, 7) is 5.25. The summed E-state index contributed by atoms with van der Waals surface area (Å²) in [5.74, 6) is 1.79. The molecular formula is C23H28N2O5S. The van der Waals surface area contributed by atoms with Crippen LogP contribution in [0.25, 0.3) is 0 Å². The van der Waals surface area contributed by atoms with Gasteiger partial charge in [0.2, 0.25) is 5.91 Å². The van der Waals surface area contributed by atoms with Crippen LogP contribution in [-0.2, 0) is 20.1 Å². The third-order valence-corrected chi connectivity index (χ3v) is 4.72. The molecule has 2 aromatic carbocycles. The van der Waals surface area contributed by atoms with Gasteiger partial charge in [-0.1, -0.05) is 12.1 Å². The number of benzene rings is 2. The van der Waals surface area contributed by atoms with E-state index in [1.165, 1.54) is 11.8 Å². The van der Waals surface area contributed by atoms with Crippen LogP contribution in [0.15, 0.2) is 53.6 Å². The summed E-state index contributed by atoms with van der Waals surface area (Å²) in [6.07, 6.45) is 1.55. The van der Waals surface area contributed by atoms with Crippen LogP contribution in [0.1, 0.15) is 31.9 Å². The number of carbonyl (C=O) groups is 2. The number of nitrogens with one attached hydrogen (secondary N) is 1. The van der Waals surface area contributed by atoms with Crippen molar-refractivity contribution in [1.29, 1.82) is 0 Å². The topological polar surface area (TPSA) is 86.2 Å². The van der Waals surface area contributed by atoms with Crippen molar-refractivity contribution in [2.45, 2.75) is 32.1 Å². The first-order valence-electron chi connectivity index (χ1n) is 9.72. The highest BCUT2D eigenvalue weighted by atomic mass is 32.2. The molecule has 8 heteroatoms. The van der Waals surface area contributed by atoms with Gasteiger partial charge in [-0.25, -0.2) is 10.2 Å². The van der Waals surface area contributed by atoms with Gasteiger partial charge in [0.1, 0.15) is 17.1 Å². The number of methoxy groups -OCH3 is 1. The second-order valence-corrected chi connectivity index (χ2v) is 8.56. The average molecular weight is 445 g/mol. The Kier molecular flexibility index (Phi) is 9.40. The third-order valence-electron chi connectivity index (χ3n) is 3.72. The summed E-state index contributed by atoms with van der Waals surface area (Å²) in [5, 5.41) is 3.96. The van der Waals surface area contributed by atoms with Gasteiger partial charge in [0.25, 0.3) is 0 Å². The Morgan fingerprint density at radius 3 is 2.29 bits per heavy atom. The lowest BCUT2D eigenvalue weighted by Gasteiger charge is -2.19. The summed E-state index contributed by atoms with van der Waals surface area (Å²) in [7, 11) is 1.63. The molecule has 0 aliphatic rings. The van der Waals surface area contributed by atoms with Crippen LogP contribution in [0.5, 0.6) is 11.5 Å².